The maximum absolute atomic E-state index is 13.0. The van der Waals surface area contributed by atoms with Gasteiger partial charge in [0.2, 0.25) is 5.75 Å². The molecule has 0 unspecified atom stereocenters. The van der Waals surface area contributed by atoms with Gasteiger partial charge in [-0.1, -0.05) is 52.3 Å². The first-order chi connectivity index (χ1) is 17.2. The largest absolute Gasteiger partial charge is 0.476 e. The summed E-state index contributed by atoms with van der Waals surface area (Å²) in [4.78, 5) is 49.1. The van der Waals surface area contributed by atoms with Crippen molar-refractivity contribution in [2.45, 2.75) is 6.92 Å². The summed E-state index contributed by atoms with van der Waals surface area (Å²) in [5, 5.41) is 15.5. The maximum atomic E-state index is 13.0. The van der Waals surface area contributed by atoms with Gasteiger partial charge in [0.1, 0.15) is 5.57 Å². The lowest BCUT2D eigenvalue weighted by molar-refractivity contribution is -0.385. The normalized spacial score (nSPS) is 14.1. The lowest BCUT2D eigenvalue weighted by atomic mass is 10.1. The van der Waals surface area contributed by atoms with E-state index in [-0.39, 0.29) is 16.9 Å². The zero-order valence-electron chi connectivity index (χ0n) is 18.9. The van der Waals surface area contributed by atoms with Gasteiger partial charge in [-0.25, -0.2) is 5.01 Å². The van der Waals surface area contributed by atoms with Crippen LogP contribution in [-0.2, 0) is 14.4 Å². The number of nitrogens with one attached hydrogen (secondary N) is 2. The molecule has 0 atom stereocenters. The number of nitrogens with zero attached hydrogens (tertiary/aromatic N) is 2. The molecule has 36 heavy (non-hydrogen) atoms. The smallest absolute Gasteiger partial charge is 0.312 e. The van der Waals surface area contributed by atoms with Crippen LogP contribution in [0.2, 0.25) is 0 Å². The third-order valence-electron chi connectivity index (χ3n) is 5.23. The molecule has 0 saturated carbocycles. The number of anilines is 2. The second-order valence-electron chi connectivity index (χ2n) is 7.73. The number of nitro benzene ring substituents is 1. The molecule has 182 valence electrons. The van der Waals surface area contributed by atoms with E-state index in [9.17, 15) is 24.5 Å². The van der Waals surface area contributed by atoms with E-state index in [1.807, 2.05) is 19.1 Å². The number of nitro groups is 1. The molecule has 0 spiro atoms. The van der Waals surface area contributed by atoms with Gasteiger partial charge >= 0.3 is 5.69 Å². The molecular weight excluding hydrogens is 532 g/mol. The number of hydrazine groups is 1. The number of carbonyl (C=O) groups excluding carboxylic acids is 3. The molecule has 10 nitrogen and oxygen atoms in total. The highest BCUT2D eigenvalue weighted by molar-refractivity contribution is 9.10. The van der Waals surface area contributed by atoms with Crippen molar-refractivity contribution in [3.8, 4) is 5.75 Å². The third kappa shape index (κ3) is 5.26. The second-order valence-corrected chi connectivity index (χ2v) is 8.64. The minimum absolute atomic E-state index is 0.0770. The predicted molar refractivity (Wildman–Crippen MR) is 136 cm³/mol. The molecule has 11 heteroatoms. The third-order valence-corrected chi connectivity index (χ3v) is 5.69. The fraction of sp³-hybridized carbons (Fsp3) is 0.0800. The number of carbonyl (C=O) groups is 3. The Morgan fingerprint density at radius 2 is 1.83 bits per heavy atom. The number of aryl methyl sites for hydroxylation is 1. The highest BCUT2D eigenvalue weighted by Gasteiger charge is 2.35. The molecule has 1 heterocycles. The van der Waals surface area contributed by atoms with Gasteiger partial charge in [0.05, 0.1) is 10.6 Å². The SMILES string of the molecule is Cc1ccccc1NC(=O)COc1c(/C=C2/C(=O)NN(c3ccccc3)C2=O)cc(Br)cc1[N+](=O)[O-]. The first-order valence-corrected chi connectivity index (χ1v) is 11.4. The average Bonchev–Trinajstić information content (AvgIpc) is 3.13. The van der Waals surface area contributed by atoms with Crippen LogP contribution in [0.1, 0.15) is 11.1 Å². The Hall–Kier alpha value is -4.51. The lowest BCUT2D eigenvalue weighted by Crippen LogP contribution is -2.35. The zero-order valence-corrected chi connectivity index (χ0v) is 20.4. The summed E-state index contributed by atoms with van der Waals surface area (Å²) in [6.45, 7) is 1.28. The Labute approximate surface area is 213 Å². The Kier molecular flexibility index (Phi) is 7.11. The number of rotatable bonds is 7. The highest BCUT2D eigenvalue weighted by atomic mass is 79.9. The highest BCUT2D eigenvalue weighted by Crippen LogP contribution is 2.37. The van der Waals surface area contributed by atoms with Crippen molar-refractivity contribution < 1.29 is 24.0 Å². The van der Waals surface area contributed by atoms with Crippen molar-refractivity contribution in [1.29, 1.82) is 0 Å². The molecule has 0 radical (unpaired) electrons. The van der Waals surface area contributed by atoms with Crippen molar-refractivity contribution in [3.05, 3.63) is 98.0 Å². The number of ether oxygens (including phenoxy) is 1. The van der Waals surface area contributed by atoms with Gasteiger partial charge in [-0.05, 0) is 42.8 Å². The monoisotopic (exact) mass is 550 g/mol. The van der Waals surface area contributed by atoms with Crippen molar-refractivity contribution in [2.75, 3.05) is 16.9 Å². The number of para-hydroxylation sites is 2. The molecule has 4 rings (SSSR count). The summed E-state index contributed by atoms with van der Waals surface area (Å²) in [6, 6.07) is 18.3. The molecule has 3 aromatic rings. The van der Waals surface area contributed by atoms with E-state index in [0.29, 0.717) is 15.8 Å². The van der Waals surface area contributed by atoms with E-state index in [2.05, 4.69) is 26.7 Å². The predicted octanol–water partition coefficient (Wildman–Crippen LogP) is 4.14. The quantitative estimate of drug-likeness (QED) is 0.196. The Morgan fingerprint density at radius 3 is 2.53 bits per heavy atom. The first kappa shape index (κ1) is 24.6. The fourth-order valence-electron chi connectivity index (χ4n) is 3.51. The Bertz CT molecular complexity index is 1410. The van der Waals surface area contributed by atoms with E-state index < -0.39 is 34.9 Å². The van der Waals surface area contributed by atoms with Crippen LogP contribution in [0.15, 0.2) is 76.8 Å². The molecular formula is C25H19BrN4O6. The van der Waals surface area contributed by atoms with Crippen LogP contribution in [0.3, 0.4) is 0 Å². The topological polar surface area (TPSA) is 131 Å². The van der Waals surface area contributed by atoms with Gasteiger partial charge in [-0.2, -0.15) is 0 Å². The molecule has 3 aromatic carbocycles. The van der Waals surface area contributed by atoms with Gasteiger partial charge < -0.3 is 10.1 Å². The van der Waals surface area contributed by atoms with Crippen molar-refractivity contribution in [3.63, 3.8) is 0 Å². The lowest BCUT2D eigenvalue weighted by Gasteiger charge is -2.14. The van der Waals surface area contributed by atoms with E-state index in [1.165, 1.54) is 18.2 Å². The molecule has 0 aromatic heterocycles. The second kappa shape index (κ2) is 10.4. The fourth-order valence-corrected chi connectivity index (χ4v) is 3.97. The maximum Gasteiger partial charge on any atom is 0.312 e. The van der Waals surface area contributed by atoms with Crippen LogP contribution in [0.5, 0.6) is 5.75 Å². The standard InChI is InChI=1S/C25H19BrN4O6/c1-15-7-5-6-10-20(15)27-22(31)14-36-23-16(11-17(26)13-21(23)30(34)35)12-19-24(32)28-29(25(19)33)18-8-3-2-4-9-18/h2-13H,14H2,1H3,(H,27,31)(H,28,32)/b19-12-. The molecule has 1 aliphatic rings. The summed E-state index contributed by atoms with van der Waals surface area (Å²) in [5.74, 6) is -2.12. The van der Waals surface area contributed by atoms with E-state index >= 15 is 0 Å². The molecule has 1 aliphatic heterocycles. The molecule has 2 N–H and O–H groups in total. The van der Waals surface area contributed by atoms with Gasteiger partial charge in [-0.15, -0.1) is 0 Å². The molecule has 0 bridgehead atoms. The minimum atomic E-state index is -0.685. The number of hydrogen-bond acceptors (Lipinski definition) is 6. The summed E-state index contributed by atoms with van der Waals surface area (Å²) in [6.07, 6.45) is 1.20. The molecule has 1 fully saturated rings. The zero-order chi connectivity index (χ0) is 25.8. The van der Waals surface area contributed by atoms with Gasteiger partial charge in [-0.3, -0.25) is 29.9 Å². The van der Waals surface area contributed by atoms with Gasteiger partial charge in [0, 0.05) is 21.8 Å². The van der Waals surface area contributed by atoms with E-state index in [0.717, 1.165) is 10.6 Å². The molecule has 3 amide bonds. The number of halogens is 1. The van der Waals surface area contributed by atoms with Gasteiger partial charge in [0.25, 0.3) is 17.7 Å². The molecule has 0 aliphatic carbocycles. The van der Waals surface area contributed by atoms with Gasteiger partial charge in [0.15, 0.2) is 6.61 Å². The summed E-state index contributed by atoms with van der Waals surface area (Å²) in [5.41, 5.74) is 3.72. The summed E-state index contributed by atoms with van der Waals surface area (Å²) < 4.78 is 5.90. The summed E-state index contributed by atoms with van der Waals surface area (Å²) >= 11 is 3.21. The van der Waals surface area contributed by atoms with Crippen molar-refractivity contribution in [1.82, 2.24) is 5.43 Å². The number of benzene rings is 3. The van der Waals surface area contributed by atoms with Crippen LogP contribution in [0.25, 0.3) is 6.08 Å². The minimum Gasteiger partial charge on any atom is -0.476 e. The van der Waals surface area contributed by atoms with Crippen LogP contribution in [0, 0.1) is 17.0 Å². The van der Waals surface area contributed by atoms with Crippen LogP contribution in [0.4, 0.5) is 17.1 Å². The number of hydrogen-bond donors (Lipinski definition) is 2. The van der Waals surface area contributed by atoms with Crippen LogP contribution < -0.4 is 20.5 Å². The van der Waals surface area contributed by atoms with Crippen molar-refractivity contribution >= 4 is 56.8 Å². The van der Waals surface area contributed by atoms with Crippen LogP contribution >= 0.6 is 15.9 Å². The van der Waals surface area contributed by atoms with E-state index in [4.69, 9.17) is 4.74 Å². The van der Waals surface area contributed by atoms with E-state index in [1.54, 1.807) is 42.5 Å². The van der Waals surface area contributed by atoms with Crippen molar-refractivity contribution in [2.24, 2.45) is 0 Å². The van der Waals surface area contributed by atoms with Crippen LogP contribution in [-0.4, -0.2) is 29.3 Å². The first-order valence-electron chi connectivity index (χ1n) is 10.6. The summed E-state index contributed by atoms with van der Waals surface area (Å²) in [7, 11) is 0. The Balaban J connectivity index is 1.65. The average molecular weight is 551 g/mol. The Morgan fingerprint density at radius 1 is 1.14 bits per heavy atom. The molecule has 1 saturated heterocycles. The number of amides is 3.